The summed E-state index contributed by atoms with van der Waals surface area (Å²) < 4.78 is 24.9. The normalized spacial score (nSPS) is 22.4. The van der Waals surface area contributed by atoms with Crippen LogP contribution in [0.1, 0.15) is 25.5 Å². The fourth-order valence-electron chi connectivity index (χ4n) is 2.51. The van der Waals surface area contributed by atoms with Gasteiger partial charge in [-0.2, -0.15) is 0 Å². The first-order chi connectivity index (χ1) is 8.61. The second kappa shape index (κ2) is 5.89. The zero-order valence-electron chi connectivity index (χ0n) is 10.9. The summed E-state index contributed by atoms with van der Waals surface area (Å²) >= 11 is 0. The molecular formula is C13H22N2O2S. The summed E-state index contributed by atoms with van der Waals surface area (Å²) in [5.41, 5.74) is 1.28. The number of rotatable bonds is 6. The van der Waals surface area contributed by atoms with Crippen molar-refractivity contribution in [1.82, 2.24) is 9.88 Å². The summed E-state index contributed by atoms with van der Waals surface area (Å²) in [7, 11) is -2.74. The predicted octanol–water partition coefficient (Wildman–Crippen LogP) is 1.42. The fourth-order valence-corrected chi connectivity index (χ4v) is 4.37. The zero-order valence-corrected chi connectivity index (χ0v) is 11.7. The number of nitrogens with one attached hydrogen (secondary N) is 1. The summed E-state index contributed by atoms with van der Waals surface area (Å²) in [4.78, 5) is 0. The second-order valence-electron chi connectivity index (χ2n) is 5.09. The Bertz CT molecular complexity index is 479. The first-order valence-electron chi connectivity index (χ1n) is 6.66. The molecule has 1 saturated heterocycles. The first-order valence-corrected chi connectivity index (χ1v) is 8.48. The highest BCUT2D eigenvalue weighted by Gasteiger charge is 2.27. The van der Waals surface area contributed by atoms with E-state index >= 15 is 0 Å². The van der Waals surface area contributed by atoms with Gasteiger partial charge in [0.15, 0.2) is 9.84 Å². The van der Waals surface area contributed by atoms with E-state index in [0.717, 1.165) is 32.5 Å². The van der Waals surface area contributed by atoms with Crippen molar-refractivity contribution in [3.63, 3.8) is 0 Å². The van der Waals surface area contributed by atoms with E-state index in [4.69, 9.17) is 0 Å². The van der Waals surface area contributed by atoms with E-state index in [-0.39, 0.29) is 0 Å². The largest absolute Gasteiger partial charge is 0.350 e. The molecule has 0 saturated carbocycles. The minimum Gasteiger partial charge on any atom is -0.350 e. The Morgan fingerprint density at radius 1 is 1.50 bits per heavy atom. The molecule has 102 valence electrons. The van der Waals surface area contributed by atoms with Crippen molar-refractivity contribution in [3.8, 4) is 0 Å². The van der Waals surface area contributed by atoms with Crippen molar-refractivity contribution in [2.75, 3.05) is 18.1 Å². The molecule has 0 amide bonds. The molecule has 2 heterocycles. The average Bonchev–Trinajstić information content (AvgIpc) is 2.87. The van der Waals surface area contributed by atoms with Crippen LogP contribution in [0.3, 0.4) is 0 Å². The van der Waals surface area contributed by atoms with Crippen molar-refractivity contribution in [2.24, 2.45) is 5.92 Å². The van der Waals surface area contributed by atoms with Gasteiger partial charge in [0.25, 0.3) is 0 Å². The molecule has 2 rings (SSSR count). The third-order valence-electron chi connectivity index (χ3n) is 3.45. The molecule has 1 aliphatic heterocycles. The maximum absolute atomic E-state index is 11.3. The van der Waals surface area contributed by atoms with Crippen molar-refractivity contribution >= 4 is 9.84 Å². The summed E-state index contributed by atoms with van der Waals surface area (Å²) in [5, 5.41) is 3.38. The van der Waals surface area contributed by atoms with Crippen LogP contribution in [0.25, 0.3) is 0 Å². The molecule has 0 aromatic carbocycles. The molecule has 0 radical (unpaired) electrons. The van der Waals surface area contributed by atoms with Gasteiger partial charge in [0.05, 0.1) is 11.5 Å². The van der Waals surface area contributed by atoms with Crippen LogP contribution in [0.5, 0.6) is 0 Å². The van der Waals surface area contributed by atoms with Crippen LogP contribution in [-0.2, 0) is 22.9 Å². The van der Waals surface area contributed by atoms with E-state index < -0.39 is 9.84 Å². The fraction of sp³-hybridized carbons (Fsp3) is 0.692. The second-order valence-corrected chi connectivity index (χ2v) is 7.32. The molecule has 1 atom stereocenters. The van der Waals surface area contributed by atoms with Crippen LogP contribution in [0.15, 0.2) is 18.3 Å². The maximum atomic E-state index is 11.3. The molecule has 1 fully saturated rings. The maximum Gasteiger partial charge on any atom is 0.150 e. The van der Waals surface area contributed by atoms with E-state index in [1.54, 1.807) is 0 Å². The Labute approximate surface area is 109 Å². The van der Waals surface area contributed by atoms with Crippen LogP contribution in [-0.4, -0.2) is 31.0 Å². The molecule has 1 aliphatic rings. The number of aryl methyl sites for hydroxylation is 1. The van der Waals surface area contributed by atoms with Crippen LogP contribution in [0.4, 0.5) is 0 Å². The van der Waals surface area contributed by atoms with Crippen LogP contribution in [0.2, 0.25) is 0 Å². The lowest BCUT2D eigenvalue weighted by atomic mass is 10.1. The number of hydrogen-bond acceptors (Lipinski definition) is 3. The smallest absolute Gasteiger partial charge is 0.150 e. The summed E-state index contributed by atoms with van der Waals surface area (Å²) in [6.45, 7) is 4.84. The Morgan fingerprint density at radius 2 is 2.33 bits per heavy atom. The molecule has 1 unspecified atom stereocenters. The highest BCUT2D eigenvalue weighted by atomic mass is 32.2. The van der Waals surface area contributed by atoms with E-state index in [2.05, 4.69) is 35.1 Å². The standard InChI is InChI=1S/C13H22N2O2S/c1-2-6-15-7-3-4-13(15)10-14-9-12-5-8-18(16,17)11-12/h3-4,7,12,14H,2,5-6,8-11H2,1H3. The van der Waals surface area contributed by atoms with Crippen molar-refractivity contribution in [2.45, 2.75) is 32.9 Å². The van der Waals surface area contributed by atoms with Gasteiger partial charge in [0, 0.05) is 25.0 Å². The minimum atomic E-state index is -2.74. The summed E-state index contributed by atoms with van der Waals surface area (Å²) in [6.07, 6.45) is 4.04. The third-order valence-corrected chi connectivity index (χ3v) is 5.29. The summed E-state index contributed by atoms with van der Waals surface area (Å²) in [6, 6.07) is 4.18. The minimum absolute atomic E-state index is 0.296. The van der Waals surface area contributed by atoms with Crippen LogP contribution >= 0.6 is 0 Å². The molecule has 5 heteroatoms. The Morgan fingerprint density at radius 3 is 3.00 bits per heavy atom. The number of sulfone groups is 1. The lowest BCUT2D eigenvalue weighted by Crippen LogP contribution is -2.24. The monoisotopic (exact) mass is 270 g/mol. The molecule has 4 nitrogen and oxygen atoms in total. The van der Waals surface area contributed by atoms with Gasteiger partial charge in [-0.3, -0.25) is 0 Å². The predicted molar refractivity (Wildman–Crippen MR) is 73.2 cm³/mol. The van der Waals surface area contributed by atoms with Gasteiger partial charge in [0.1, 0.15) is 0 Å². The molecule has 1 aromatic heterocycles. The van der Waals surface area contributed by atoms with Crippen molar-refractivity contribution < 1.29 is 8.42 Å². The lowest BCUT2D eigenvalue weighted by molar-refractivity contribution is 0.508. The van der Waals surface area contributed by atoms with E-state index in [1.807, 2.05) is 0 Å². The molecule has 0 aliphatic carbocycles. The molecule has 0 bridgehead atoms. The van der Waals surface area contributed by atoms with Gasteiger partial charge in [-0.25, -0.2) is 8.42 Å². The number of aromatic nitrogens is 1. The average molecular weight is 270 g/mol. The van der Waals surface area contributed by atoms with E-state index in [0.29, 0.717) is 17.4 Å². The SMILES string of the molecule is CCCn1cccc1CNCC1CCS(=O)(=O)C1. The van der Waals surface area contributed by atoms with Gasteiger partial charge in [-0.15, -0.1) is 0 Å². The molecule has 18 heavy (non-hydrogen) atoms. The molecule has 1 aromatic rings. The highest BCUT2D eigenvalue weighted by molar-refractivity contribution is 7.91. The Balaban J connectivity index is 1.77. The Kier molecular flexibility index (Phi) is 4.45. The van der Waals surface area contributed by atoms with Gasteiger partial charge in [-0.05, 0) is 37.4 Å². The molecular weight excluding hydrogens is 248 g/mol. The number of nitrogens with zero attached hydrogens (tertiary/aromatic N) is 1. The quantitative estimate of drug-likeness (QED) is 0.850. The van der Waals surface area contributed by atoms with Crippen LogP contribution in [0, 0.1) is 5.92 Å². The lowest BCUT2D eigenvalue weighted by Gasteiger charge is -2.11. The molecule has 1 N–H and O–H groups in total. The van der Waals surface area contributed by atoms with E-state index in [1.165, 1.54) is 5.69 Å². The van der Waals surface area contributed by atoms with E-state index in [9.17, 15) is 8.42 Å². The topological polar surface area (TPSA) is 51.1 Å². The zero-order chi connectivity index (χ0) is 13.0. The Hall–Kier alpha value is -0.810. The van der Waals surface area contributed by atoms with Crippen molar-refractivity contribution in [3.05, 3.63) is 24.0 Å². The van der Waals surface area contributed by atoms with Crippen LogP contribution < -0.4 is 5.32 Å². The van der Waals surface area contributed by atoms with Gasteiger partial charge >= 0.3 is 0 Å². The van der Waals surface area contributed by atoms with Gasteiger partial charge in [-0.1, -0.05) is 6.92 Å². The molecule has 0 spiro atoms. The van der Waals surface area contributed by atoms with Gasteiger partial charge < -0.3 is 9.88 Å². The third kappa shape index (κ3) is 3.59. The first kappa shape index (κ1) is 13.6. The number of hydrogen-bond donors (Lipinski definition) is 1. The van der Waals surface area contributed by atoms with Crippen molar-refractivity contribution in [1.29, 1.82) is 0 Å². The highest BCUT2D eigenvalue weighted by Crippen LogP contribution is 2.17. The van der Waals surface area contributed by atoms with Gasteiger partial charge in [0.2, 0.25) is 0 Å². The summed E-state index contributed by atoms with van der Waals surface area (Å²) in [5.74, 6) is 1.02.